The molecule has 2 amide bonds. The van der Waals surface area contributed by atoms with Gasteiger partial charge in [0, 0.05) is 31.0 Å². The monoisotopic (exact) mass is 441 g/mol. The number of hydrogen-bond acceptors (Lipinski definition) is 6. The van der Waals surface area contributed by atoms with Crippen molar-refractivity contribution in [2.45, 2.75) is 25.1 Å². The molecule has 0 radical (unpaired) electrons. The predicted octanol–water partition coefficient (Wildman–Crippen LogP) is 3.97. The predicted molar refractivity (Wildman–Crippen MR) is 111 cm³/mol. The summed E-state index contributed by atoms with van der Waals surface area (Å²) in [4.78, 5) is 33.1. The number of nitrogens with one attached hydrogen (secondary N) is 1. The zero-order chi connectivity index (χ0) is 22.3. The minimum Gasteiger partial charge on any atom is -0.366 e. The fraction of sp³-hybridized carbons (Fsp3) is 0.286. The van der Waals surface area contributed by atoms with Crippen molar-refractivity contribution in [2.75, 3.05) is 28.2 Å². The molecule has 1 saturated heterocycles. The van der Waals surface area contributed by atoms with Gasteiger partial charge < -0.3 is 10.2 Å². The quantitative estimate of drug-likeness (QED) is 0.648. The van der Waals surface area contributed by atoms with Gasteiger partial charge in [0.15, 0.2) is 5.82 Å². The number of alkyl halides is 3. The first-order valence-corrected chi connectivity index (χ1v) is 10.0. The van der Waals surface area contributed by atoms with Crippen molar-refractivity contribution in [3.05, 3.63) is 54.9 Å². The van der Waals surface area contributed by atoms with Gasteiger partial charge in [-0.15, -0.1) is 0 Å². The second kappa shape index (κ2) is 7.74. The van der Waals surface area contributed by atoms with Crippen LogP contribution in [0.1, 0.15) is 18.4 Å². The van der Waals surface area contributed by atoms with Gasteiger partial charge in [-0.25, -0.2) is 19.7 Å². The van der Waals surface area contributed by atoms with Crippen LogP contribution in [0, 0.1) is 0 Å². The van der Waals surface area contributed by atoms with E-state index in [9.17, 15) is 18.0 Å². The average molecular weight is 441 g/mol. The second-order valence-corrected chi connectivity index (χ2v) is 7.67. The maximum absolute atomic E-state index is 13.2. The van der Waals surface area contributed by atoms with Crippen LogP contribution in [0.15, 0.2) is 49.3 Å². The van der Waals surface area contributed by atoms with Crippen LogP contribution < -0.4 is 15.1 Å². The largest absolute Gasteiger partial charge is 0.417 e. The van der Waals surface area contributed by atoms with Gasteiger partial charge in [0.05, 0.1) is 41.1 Å². The molecule has 11 heteroatoms. The summed E-state index contributed by atoms with van der Waals surface area (Å²) < 4.78 is 39.4. The zero-order valence-electron chi connectivity index (χ0n) is 16.8. The van der Waals surface area contributed by atoms with E-state index in [4.69, 9.17) is 0 Å². The number of rotatable bonds is 2. The first-order valence-electron chi connectivity index (χ1n) is 10.0. The molecule has 5 rings (SSSR count). The highest BCUT2D eigenvalue weighted by molar-refractivity contribution is 6.04. The SMILES string of the molecule is O=C(Nc1cncnc1)N1c2nc(-c3cncc(C(F)(F)F)c3)ccc2N2CCC[C@H]1C2. The fourth-order valence-corrected chi connectivity index (χ4v) is 4.13. The molecule has 5 heterocycles. The summed E-state index contributed by atoms with van der Waals surface area (Å²) >= 11 is 0. The number of urea groups is 1. The van der Waals surface area contributed by atoms with Gasteiger partial charge in [0.25, 0.3) is 0 Å². The zero-order valence-corrected chi connectivity index (χ0v) is 16.8. The maximum Gasteiger partial charge on any atom is 0.417 e. The van der Waals surface area contributed by atoms with E-state index in [1.54, 1.807) is 17.0 Å². The Morgan fingerprint density at radius 3 is 2.69 bits per heavy atom. The van der Waals surface area contributed by atoms with Gasteiger partial charge in [-0.3, -0.25) is 9.88 Å². The molecular formula is C21H18F3N7O. The van der Waals surface area contributed by atoms with Crippen molar-refractivity contribution >= 4 is 23.2 Å². The fourth-order valence-electron chi connectivity index (χ4n) is 4.13. The molecule has 8 nitrogen and oxygen atoms in total. The van der Waals surface area contributed by atoms with Crippen molar-refractivity contribution < 1.29 is 18.0 Å². The molecule has 1 fully saturated rings. The topological polar surface area (TPSA) is 87.1 Å². The number of amides is 2. The third-order valence-corrected chi connectivity index (χ3v) is 5.58. The van der Waals surface area contributed by atoms with Gasteiger partial charge in [-0.05, 0) is 31.0 Å². The number of hydrogen-bond donors (Lipinski definition) is 1. The van der Waals surface area contributed by atoms with Crippen LogP contribution in [0.4, 0.5) is 35.2 Å². The molecule has 2 aliphatic rings. The highest BCUT2D eigenvalue weighted by atomic mass is 19.4. The number of aromatic nitrogens is 4. The molecule has 32 heavy (non-hydrogen) atoms. The van der Waals surface area contributed by atoms with E-state index in [-0.39, 0.29) is 17.6 Å². The molecule has 3 aromatic heterocycles. The van der Waals surface area contributed by atoms with Gasteiger partial charge in [-0.2, -0.15) is 13.2 Å². The molecule has 0 spiro atoms. The minimum absolute atomic E-state index is 0.108. The Morgan fingerprint density at radius 1 is 1.09 bits per heavy atom. The van der Waals surface area contributed by atoms with Crippen molar-refractivity contribution in [2.24, 2.45) is 0 Å². The lowest BCUT2D eigenvalue weighted by molar-refractivity contribution is -0.137. The smallest absolute Gasteiger partial charge is 0.366 e. The molecule has 164 valence electrons. The molecule has 1 N–H and O–H groups in total. The number of fused-ring (bicyclic) bond motifs is 4. The van der Waals surface area contributed by atoms with Crippen LogP contribution in [-0.4, -0.2) is 45.1 Å². The third-order valence-electron chi connectivity index (χ3n) is 5.58. The van der Waals surface area contributed by atoms with Crippen molar-refractivity contribution in [3.63, 3.8) is 0 Å². The van der Waals surface area contributed by atoms with Crippen molar-refractivity contribution in [1.29, 1.82) is 0 Å². The summed E-state index contributed by atoms with van der Waals surface area (Å²) in [5.41, 5.74) is 0.892. The van der Waals surface area contributed by atoms with Crippen LogP contribution in [0.2, 0.25) is 0 Å². The highest BCUT2D eigenvalue weighted by Crippen LogP contribution is 2.40. The first kappa shape index (κ1) is 20.2. The van der Waals surface area contributed by atoms with Crippen LogP contribution >= 0.6 is 0 Å². The molecule has 0 saturated carbocycles. The van der Waals surface area contributed by atoms with E-state index in [0.717, 1.165) is 37.3 Å². The van der Waals surface area contributed by atoms with E-state index < -0.39 is 11.7 Å². The Hall–Kier alpha value is -3.76. The Kier molecular flexibility index (Phi) is 4.87. The number of carbonyl (C=O) groups excluding carboxylic acids is 1. The number of nitrogens with zero attached hydrogens (tertiary/aromatic N) is 6. The summed E-state index contributed by atoms with van der Waals surface area (Å²) in [5, 5.41) is 2.79. The summed E-state index contributed by atoms with van der Waals surface area (Å²) in [6, 6.07) is 3.97. The summed E-state index contributed by atoms with van der Waals surface area (Å²) in [6.45, 7) is 1.50. The number of carbonyl (C=O) groups is 1. The van der Waals surface area contributed by atoms with E-state index >= 15 is 0 Å². The lowest BCUT2D eigenvalue weighted by Gasteiger charge is -2.45. The summed E-state index contributed by atoms with van der Waals surface area (Å²) in [5.74, 6) is 0.408. The van der Waals surface area contributed by atoms with Crippen LogP contribution in [0.3, 0.4) is 0 Å². The van der Waals surface area contributed by atoms with Crippen LogP contribution in [0.5, 0.6) is 0 Å². The van der Waals surface area contributed by atoms with Crippen molar-refractivity contribution in [3.8, 4) is 11.3 Å². The van der Waals surface area contributed by atoms with Gasteiger partial charge in [0.2, 0.25) is 0 Å². The summed E-state index contributed by atoms with van der Waals surface area (Å²) in [6.07, 6.45) is 3.65. The lowest BCUT2D eigenvalue weighted by atomic mass is 9.99. The van der Waals surface area contributed by atoms with E-state index in [0.29, 0.717) is 23.7 Å². The maximum atomic E-state index is 13.2. The van der Waals surface area contributed by atoms with E-state index in [1.165, 1.54) is 24.9 Å². The average Bonchev–Trinajstić information content (AvgIpc) is 2.79. The molecule has 1 atom stereocenters. The highest BCUT2D eigenvalue weighted by Gasteiger charge is 2.38. The molecular weight excluding hydrogens is 423 g/mol. The molecule has 0 unspecified atom stereocenters. The van der Waals surface area contributed by atoms with Crippen LogP contribution in [0.25, 0.3) is 11.3 Å². The van der Waals surface area contributed by atoms with Gasteiger partial charge in [-0.1, -0.05) is 0 Å². The standard InChI is InChI=1S/C21H18F3N7O/c22-21(23,24)14-6-13(7-25-8-14)17-3-4-18-19(29-17)31(16-2-1-5-30(18)11-16)20(32)28-15-9-26-12-27-10-15/h3-4,6-10,12,16H,1-2,5,11H2,(H,28,32)/t16-/m0/s1. The Bertz CT molecular complexity index is 1160. The number of halogens is 3. The molecule has 2 aliphatic heterocycles. The Morgan fingerprint density at radius 2 is 1.91 bits per heavy atom. The lowest BCUT2D eigenvalue weighted by Crippen LogP contribution is -2.56. The molecule has 0 aromatic carbocycles. The Balaban J connectivity index is 1.55. The minimum atomic E-state index is -4.51. The first-order chi connectivity index (χ1) is 15.4. The van der Waals surface area contributed by atoms with Crippen molar-refractivity contribution in [1.82, 2.24) is 19.9 Å². The van der Waals surface area contributed by atoms with Gasteiger partial charge in [0.1, 0.15) is 6.33 Å². The number of piperidine rings is 1. The normalized spacial score (nSPS) is 17.7. The number of pyridine rings is 2. The summed E-state index contributed by atoms with van der Waals surface area (Å²) in [7, 11) is 0. The van der Waals surface area contributed by atoms with Gasteiger partial charge >= 0.3 is 12.2 Å². The van der Waals surface area contributed by atoms with E-state index in [2.05, 4.69) is 30.2 Å². The third kappa shape index (κ3) is 3.70. The second-order valence-electron chi connectivity index (χ2n) is 7.67. The molecule has 3 aromatic rings. The molecule has 2 bridgehead atoms. The number of anilines is 3. The molecule has 0 aliphatic carbocycles. The Labute approximate surface area is 181 Å². The van der Waals surface area contributed by atoms with E-state index in [1.807, 2.05) is 0 Å². The van der Waals surface area contributed by atoms with Crippen LogP contribution in [-0.2, 0) is 6.18 Å².